The Morgan fingerprint density at radius 3 is 2.92 bits per heavy atom. The fourth-order valence-corrected chi connectivity index (χ4v) is 1.12. The van der Waals surface area contributed by atoms with Gasteiger partial charge in [0.25, 0.3) is 0 Å². The van der Waals surface area contributed by atoms with Gasteiger partial charge in [-0.3, -0.25) is 9.48 Å². The predicted molar refractivity (Wildman–Crippen MR) is 47.2 cm³/mol. The zero-order valence-corrected chi connectivity index (χ0v) is 7.42. The highest BCUT2D eigenvalue weighted by Crippen LogP contribution is 2.10. The molecule has 13 heavy (non-hydrogen) atoms. The van der Waals surface area contributed by atoms with Gasteiger partial charge >= 0.3 is 5.97 Å². The van der Waals surface area contributed by atoms with Crippen LogP contribution in [0.4, 0.5) is 0 Å². The van der Waals surface area contributed by atoms with Crippen LogP contribution in [0.3, 0.4) is 0 Å². The van der Waals surface area contributed by atoms with Crippen LogP contribution in [0.2, 0.25) is 0 Å². The number of nitrogens with two attached hydrogens (primary N) is 1. The number of carboxylic acid groups (broad SMARTS) is 1. The van der Waals surface area contributed by atoms with Gasteiger partial charge in [0.15, 0.2) is 0 Å². The molecule has 5 heteroatoms. The quantitative estimate of drug-likeness (QED) is 0.700. The lowest BCUT2D eigenvalue weighted by atomic mass is 10.1. The molecule has 0 aliphatic rings. The standard InChI is InChI=1S/C8H13N3O2/c1-6(5-7(9)8(12)13)11-4-2-3-10-11/h2-4,6-7H,5,9H2,1H3,(H,12,13). The molecular formula is C8H13N3O2. The highest BCUT2D eigenvalue weighted by atomic mass is 16.4. The lowest BCUT2D eigenvalue weighted by molar-refractivity contribution is -0.138. The molecule has 2 atom stereocenters. The third kappa shape index (κ3) is 2.55. The molecule has 0 fully saturated rings. The van der Waals surface area contributed by atoms with E-state index in [0.29, 0.717) is 6.42 Å². The van der Waals surface area contributed by atoms with Crippen LogP contribution in [0.5, 0.6) is 0 Å². The fourth-order valence-electron chi connectivity index (χ4n) is 1.12. The normalized spacial score (nSPS) is 15.2. The number of hydrogen-bond acceptors (Lipinski definition) is 3. The topological polar surface area (TPSA) is 81.1 Å². The Morgan fingerprint density at radius 1 is 1.77 bits per heavy atom. The fraction of sp³-hybridized carbons (Fsp3) is 0.500. The average molecular weight is 183 g/mol. The van der Waals surface area contributed by atoms with Gasteiger partial charge < -0.3 is 10.8 Å². The van der Waals surface area contributed by atoms with Crippen molar-refractivity contribution in [3.8, 4) is 0 Å². The molecule has 0 amide bonds. The second-order valence-corrected chi connectivity index (χ2v) is 3.02. The largest absolute Gasteiger partial charge is 0.480 e. The summed E-state index contributed by atoms with van der Waals surface area (Å²) in [4.78, 5) is 10.4. The van der Waals surface area contributed by atoms with Gasteiger partial charge in [0.1, 0.15) is 6.04 Å². The molecule has 2 unspecified atom stereocenters. The summed E-state index contributed by atoms with van der Waals surface area (Å²) in [5.41, 5.74) is 5.38. The molecule has 72 valence electrons. The van der Waals surface area contributed by atoms with Gasteiger partial charge in [-0.25, -0.2) is 0 Å². The third-order valence-electron chi connectivity index (χ3n) is 1.89. The lowest BCUT2D eigenvalue weighted by Gasteiger charge is -2.14. The zero-order chi connectivity index (χ0) is 9.84. The van der Waals surface area contributed by atoms with Gasteiger partial charge in [-0.2, -0.15) is 5.10 Å². The Balaban J connectivity index is 2.51. The minimum absolute atomic E-state index is 0.0149. The van der Waals surface area contributed by atoms with Gasteiger partial charge in [0.2, 0.25) is 0 Å². The molecule has 0 saturated carbocycles. The van der Waals surface area contributed by atoms with Crippen LogP contribution in [0.15, 0.2) is 18.5 Å². The molecule has 1 heterocycles. The predicted octanol–water partition coefficient (Wildman–Crippen LogP) is 0.246. The number of hydrogen-bond donors (Lipinski definition) is 2. The number of nitrogens with zero attached hydrogens (tertiary/aromatic N) is 2. The first kappa shape index (κ1) is 9.73. The van der Waals surface area contributed by atoms with E-state index < -0.39 is 12.0 Å². The van der Waals surface area contributed by atoms with Crippen LogP contribution >= 0.6 is 0 Å². The maximum atomic E-state index is 10.4. The van der Waals surface area contributed by atoms with E-state index in [1.165, 1.54) is 0 Å². The van der Waals surface area contributed by atoms with Gasteiger partial charge in [-0.1, -0.05) is 0 Å². The van der Waals surface area contributed by atoms with E-state index in [1.54, 1.807) is 23.1 Å². The molecule has 5 nitrogen and oxygen atoms in total. The van der Waals surface area contributed by atoms with Crippen molar-refractivity contribution in [3.05, 3.63) is 18.5 Å². The SMILES string of the molecule is CC(CC(N)C(=O)O)n1cccn1. The summed E-state index contributed by atoms with van der Waals surface area (Å²) in [6, 6.07) is 0.989. The lowest BCUT2D eigenvalue weighted by Crippen LogP contribution is -2.32. The molecule has 0 bridgehead atoms. The van der Waals surface area contributed by atoms with Gasteiger partial charge in [-0.15, -0.1) is 0 Å². The minimum atomic E-state index is -0.973. The first-order valence-corrected chi connectivity index (χ1v) is 4.08. The molecule has 0 aliphatic heterocycles. The van der Waals surface area contributed by atoms with Crippen molar-refractivity contribution in [2.24, 2.45) is 5.73 Å². The maximum absolute atomic E-state index is 10.4. The number of aliphatic carboxylic acids is 1. The smallest absolute Gasteiger partial charge is 0.320 e. The van der Waals surface area contributed by atoms with E-state index in [0.717, 1.165) is 0 Å². The van der Waals surface area contributed by atoms with Crippen molar-refractivity contribution in [1.29, 1.82) is 0 Å². The number of carbonyl (C=O) groups is 1. The highest BCUT2D eigenvalue weighted by molar-refractivity contribution is 5.73. The summed E-state index contributed by atoms with van der Waals surface area (Å²) in [7, 11) is 0. The van der Waals surface area contributed by atoms with Crippen LogP contribution in [0.25, 0.3) is 0 Å². The molecule has 1 rings (SSSR count). The van der Waals surface area contributed by atoms with Crippen molar-refractivity contribution in [2.45, 2.75) is 25.4 Å². The molecule has 0 aromatic carbocycles. The van der Waals surface area contributed by atoms with Crippen LogP contribution in [-0.2, 0) is 4.79 Å². The van der Waals surface area contributed by atoms with E-state index in [4.69, 9.17) is 10.8 Å². The van der Waals surface area contributed by atoms with E-state index in [2.05, 4.69) is 5.10 Å². The molecule has 0 saturated heterocycles. The Kier molecular flexibility index (Phi) is 3.02. The molecule has 0 aliphatic carbocycles. The average Bonchev–Trinajstić information content (AvgIpc) is 2.55. The number of aromatic nitrogens is 2. The van der Waals surface area contributed by atoms with Gasteiger partial charge in [0, 0.05) is 12.4 Å². The number of rotatable bonds is 4. The van der Waals surface area contributed by atoms with Crippen LogP contribution < -0.4 is 5.73 Å². The molecule has 1 aromatic rings. The third-order valence-corrected chi connectivity index (χ3v) is 1.89. The Labute approximate surface area is 76.2 Å². The summed E-state index contributed by atoms with van der Waals surface area (Å²) in [5.74, 6) is -0.973. The van der Waals surface area contributed by atoms with E-state index in [9.17, 15) is 4.79 Å². The van der Waals surface area contributed by atoms with Crippen LogP contribution in [0, 0.1) is 0 Å². The van der Waals surface area contributed by atoms with Crippen molar-refractivity contribution in [1.82, 2.24) is 9.78 Å². The highest BCUT2D eigenvalue weighted by Gasteiger charge is 2.16. The molecule has 1 aromatic heterocycles. The van der Waals surface area contributed by atoms with Gasteiger partial charge in [0.05, 0.1) is 6.04 Å². The second kappa shape index (κ2) is 4.04. The summed E-state index contributed by atoms with van der Waals surface area (Å²) < 4.78 is 1.70. The maximum Gasteiger partial charge on any atom is 0.320 e. The van der Waals surface area contributed by atoms with E-state index in [1.807, 2.05) is 6.92 Å². The van der Waals surface area contributed by atoms with E-state index >= 15 is 0 Å². The summed E-state index contributed by atoms with van der Waals surface area (Å²) in [5, 5.41) is 12.6. The summed E-state index contributed by atoms with van der Waals surface area (Å²) >= 11 is 0. The van der Waals surface area contributed by atoms with Crippen molar-refractivity contribution < 1.29 is 9.90 Å². The van der Waals surface area contributed by atoms with Crippen LogP contribution in [-0.4, -0.2) is 26.9 Å². The molecular weight excluding hydrogens is 170 g/mol. The first-order valence-electron chi connectivity index (χ1n) is 4.08. The second-order valence-electron chi connectivity index (χ2n) is 3.02. The van der Waals surface area contributed by atoms with Gasteiger partial charge in [-0.05, 0) is 19.4 Å². The van der Waals surface area contributed by atoms with Crippen molar-refractivity contribution in [3.63, 3.8) is 0 Å². The van der Waals surface area contributed by atoms with Crippen molar-refractivity contribution >= 4 is 5.97 Å². The Morgan fingerprint density at radius 2 is 2.46 bits per heavy atom. The zero-order valence-electron chi connectivity index (χ0n) is 7.42. The minimum Gasteiger partial charge on any atom is -0.480 e. The Hall–Kier alpha value is -1.36. The molecule has 0 spiro atoms. The van der Waals surface area contributed by atoms with Crippen molar-refractivity contribution in [2.75, 3.05) is 0 Å². The monoisotopic (exact) mass is 183 g/mol. The molecule has 3 N–H and O–H groups in total. The first-order chi connectivity index (χ1) is 6.11. The summed E-state index contributed by atoms with van der Waals surface area (Å²) in [6.07, 6.45) is 3.83. The summed E-state index contributed by atoms with van der Waals surface area (Å²) in [6.45, 7) is 1.88. The molecule has 0 radical (unpaired) electrons. The Bertz CT molecular complexity index is 271. The van der Waals surface area contributed by atoms with Crippen LogP contribution in [0.1, 0.15) is 19.4 Å². The number of carboxylic acids is 1. The van der Waals surface area contributed by atoms with E-state index in [-0.39, 0.29) is 6.04 Å².